The molecule has 1 aromatic carbocycles. The molecule has 11 heteroatoms. The molecule has 30 heavy (non-hydrogen) atoms. The van der Waals surface area contributed by atoms with Crippen molar-refractivity contribution in [2.75, 3.05) is 39.0 Å². The first-order valence-electron chi connectivity index (χ1n) is 10.1. The second-order valence-electron chi connectivity index (χ2n) is 7.83. The molecule has 2 heterocycles. The number of amides is 1. The Bertz CT molecular complexity index is 933. The van der Waals surface area contributed by atoms with Crippen LogP contribution in [-0.4, -0.2) is 72.2 Å². The maximum atomic E-state index is 12.4. The largest absolute Gasteiger partial charge is 0.377 e. The zero-order chi connectivity index (χ0) is 21.8. The number of nitrogens with one attached hydrogen (secondary N) is 2. The van der Waals surface area contributed by atoms with Gasteiger partial charge in [0.05, 0.1) is 17.3 Å². The van der Waals surface area contributed by atoms with Gasteiger partial charge in [-0.25, -0.2) is 25.9 Å². The molecule has 2 aliphatic rings. The van der Waals surface area contributed by atoms with E-state index in [2.05, 4.69) is 10.0 Å². The molecule has 2 fully saturated rings. The van der Waals surface area contributed by atoms with Crippen LogP contribution in [0.5, 0.6) is 0 Å². The summed E-state index contributed by atoms with van der Waals surface area (Å²) < 4.78 is 57.3. The van der Waals surface area contributed by atoms with Crippen LogP contribution in [0.15, 0.2) is 29.2 Å². The summed E-state index contributed by atoms with van der Waals surface area (Å²) in [5, 5.41) is 2.85. The Balaban J connectivity index is 1.47. The molecule has 1 amide bonds. The molecule has 1 atom stereocenters. The third kappa shape index (κ3) is 6.24. The Morgan fingerprint density at radius 1 is 1.07 bits per heavy atom. The smallest absolute Gasteiger partial charge is 0.251 e. The summed E-state index contributed by atoms with van der Waals surface area (Å²) in [6, 6.07) is 5.80. The maximum absolute atomic E-state index is 12.4. The van der Waals surface area contributed by atoms with E-state index in [9.17, 15) is 21.6 Å². The summed E-state index contributed by atoms with van der Waals surface area (Å²) in [7, 11) is -6.82. The molecule has 9 nitrogen and oxygen atoms in total. The molecule has 1 unspecified atom stereocenters. The fourth-order valence-electron chi connectivity index (χ4n) is 3.66. The summed E-state index contributed by atoms with van der Waals surface area (Å²) in [6.07, 6.45) is 4.29. The zero-order valence-corrected chi connectivity index (χ0v) is 18.7. The van der Waals surface area contributed by atoms with E-state index in [0.29, 0.717) is 44.6 Å². The first-order chi connectivity index (χ1) is 14.1. The number of hydrogen-bond acceptors (Lipinski definition) is 6. The second kappa shape index (κ2) is 9.73. The third-order valence-electron chi connectivity index (χ3n) is 5.55. The van der Waals surface area contributed by atoms with Crippen molar-refractivity contribution in [3.63, 3.8) is 0 Å². The van der Waals surface area contributed by atoms with E-state index < -0.39 is 20.0 Å². The van der Waals surface area contributed by atoms with E-state index in [1.807, 2.05) is 0 Å². The van der Waals surface area contributed by atoms with Crippen LogP contribution in [0.1, 0.15) is 36.0 Å². The topological polar surface area (TPSA) is 122 Å². The zero-order valence-electron chi connectivity index (χ0n) is 17.0. The molecule has 0 spiro atoms. The number of rotatable bonds is 8. The van der Waals surface area contributed by atoms with Crippen molar-refractivity contribution in [3.8, 4) is 0 Å². The van der Waals surface area contributed by atoms with Crippen molar-refractivity contribution < 1.29 is 26.4 Å². The van der Waals surface area contributed by atoms with Gasteiger partial charge in [0.15, 0.2) is 0 Å². The lowest BCUT2D eigenvalue weighted by Gasteiger charge is -2.30. The Morgan fingerprint density at radius 3 is 2.30 bits per heavy atom. The van der Waals surface area contributed by atoms with E-state index in [1.54, 1.807) is 0 Å². The maximum Gasteiger partial charge on any atom is 0.251 e. The molecule has 0 saturated carbocycles. The van der Waals surface area contributed by atoms with Gasteiger partial charge in [-0.2, -0.15) is 0 Å². The van der Waals surface area contributed by atoms with E-state index in [4.69, 9.17) is 4.74 Å². The van der Waals surface area contributed by atoms with Crippen LogP contribution in [0.2, 0.25) is 0 Å². The van der Waals surface area contributed by atoms with Crippen LogP contribution in [0.4, 0.5) is 0 Å². The summed E-state index contributed by atoms with van der Waals surface area (Å²) in [4.78, 5) is 12.5. The molecule has 2 saturated heterocycles. The molecule has 0 aliphatic carbocycles. The fraction of sp³-hybridized carbons (Fsp3) is 0.632. The number of ether oxygens (including phenoxy) is 1. The Morgan fingerprint density at radius 2 is 1.73 bits per heavy atom. The van der Waals surface area contributed by atoms with Gasteiger partial charge in [0.2, 0.25) is 20.0 Å². The number of carbonyl (C=O) groups is 1. The quantitative estimate of drug-likeness (QED) is 0.585. The average molecular weight is 460 g/mol. The highest BCUT2D eigenvalue weighted by molar-refractivity contribution is 7.89. The fourth-order valence-corrected chi connectivity index (χ4v) is 5.60. The lowest BCUT2D eigenvalue weighted by molar-refractivity contribution is 0.0941. The van der Waals surface area contributed by atoms with E-state index in [0.717, 1.165) is 12.8 Å². The Kier molecular flexibility index (Phi) is 7.51. The molecule has 0 aromatic heterocycles. The lowest BCUT2D eigenvalue weighted by Crippen LogP contribution is -2.41. The van der Waals surface area contributed by atoms with Gasteiger partial charge in [-0.1, -0.05) is 0 Å². The highest BCUT2D eigenvalue weighted by atomic mass is 32.2. The number of benzene rings is 1. The van der Waals surface area contributed by atoms with E-state index in [-0.39, 0.29) is 29.4 Å². The minimum atomic E-state index is -3.65. The van der Waals surface area contributed by atoms with Gasteiger partial charge in [-0.15, -0.1) is 0 Å². The van der Waals surface area contributed by atoms with Crippen LogP contribution in [0.3, 0.4) is 0 Å². The minimum Gasteiger partial charge on any atom is -0.377 e. The molecule has 2 aliphatic heterocycles. The van der Waals surface area contributed by atoms with Crippen LogP contribution >= 0.6 is 0 Å². The van der Waals surface area contributed by atoms with Crippen molar-refractivity contribution in [1.82, 2.24) is 14.3 Å². The first-order valence-corrected chi connectivity index (χ1v) is 13.4. The molecule has 0 bridgehead atoms. The number of hydrogen-bond donors (Lipinski definition) is 2. The van der Waals surface area contributed by atoms with Crippen LogP contribution < -0.4 is 10.0 Å². The van der Waals surface area contributed by atoms with Crippen molar-refractivity contribution in [1.29, 1.82) is 0 Å². The molecular formula is C19H29N3O6S2. The number of carbonyl (C=O) groups excluding carboxylic acids is 1. The number of nitrogens with zero attached hydrogens (tertiary/aromatic N) is 1. The summed E-state index contributed by atoms with van der Waals surface area (Å²) in [6.45, 7) is 2.28. The van der Waals surface area contributed by atoms with Crippen LogP contribution in [0.25, 0.3) is 0 Å². The predicted molar refractivity (Wildman–Crippen MR) is 112 cm³/mol. The van der Waals surface area contributed by atoms with Gasteiger partial charge in [-0.3, -0.25) is 4.79 Å². The van der Waals surface area contributed by atoms with Gasteiger partial charge in [0.1, 0.15) is 0 Å². The summed E-state index contributed by atoms with van der Waals surface area (Å²) in [5.41, 5.74) is 0.377. The molecule has 1 aromatic rings. The molecule has 168 valence electrons. The summed E-state index contributed by atoms with van der Waals surface area (Å²) >= 11 is 0. The monoisotopic (exact) mass is 459 g/mol. The third-order valence-corrected chi connectivity index (χ3v) is 8.29. The Labute approximate surface area is 178 Å². The Hall–Kier alpha value is -1.53. The standard InChI is InChI=1S/C19H29N3O6S2/c1-29(24,25)22-10-8-15(9-11-22)13-20-19(23)16-4-6-18(7-5-16)30(26,27)21-14-17-3-2-12-28-17/h4-7,15,17,21H,2-3,8-14H2,1H3,(H,20,23). The van der Waals surface area contributed by atoms with Crippen LogP contribution in [-0.2, 0) is 24.8 Å². The molecule has 3 rings (SSSR count). The SMILES string of the molecule is CS(=O)(=O)N1CCC(CNC(=O)c2ccc(S(=O)(=O)NCC3CCCO3)cc2)CC1. The highest BCUT2D eigenvalue weighted by Gasteiger charge is 2.25. The van der Waals surface area contributed by atoms with E-state index >= 15 is 0 Å². The summed E-state index contributed by atoms with van der Waals surface area (Å²) in [5.74, 6) is -0.0644. The van der Waals surface area contributed by atoms with Crippen molar-refractivity contribution in [2.45, 2.75) is 36.7 Å². The minimum absolute atomic E-state index is 0.0888. The van der Waals surface area contributed by atoms with Gasteiger partial charge in [-0.05, 0) is 55.9 Å². The molecule has 0 radical (unpaired) electrons. The van der Waals surface area contributed by atoms with Gasteiger partial charge in [0, 0.05) is 38.3 Å². The average Bonchev–Trinajstić information content (AvgIpc) is 3.24. The van der Waals surface area contributed by atoms with Crippen LogP contribution in [0, 0.1) is 5.92 Å². The first kappa shape index (κ1) is 23.1. The van der Waals surface area contributed by atoms with Crippen molar-refractivity contribution in [3.05, 3.63) is 29.8 Å². The molecular weight excluding hydrogens is 430 g/mol. The van der Waals surface area contributed by atoms with Gasteiger partial charge in [0.25, 0.3) is 5.91 Å². The number of sulfonamides is 2. The number of piperidine rings is 1. The van der Waals surface area contributed by atoms with Gasteiger partial charge < -0.3 is 10.1 Å². The van der Waals surface area contributed by atoms with E-state index in [1.165, 1.54) is 34.8 Å². The predicted octanol–water partition coefficient (Wildman–Crippen LogP) is 0.545. The highest BCUT2D eigenvalue weighted by Crippen LogP contribution is 2.19. The van der Waals surface area contributed by atoms with Crippen molar-refractivity contribution >= 4 is 26.0 Å². The van der Waals surface area contributed by atoms with Gasteiger partial charge >= 0.3 is 0 Å². The second-order valence-corrected chi connectivity index (χ2v) is 11.6. The lowest BCUT2D eigenvalue weighted by atomic mass is 9.98. The normalized spacial score (nSPS) is 21.6. The molecule has 2 N–H and O–H groups in total. The van der Waals surface area contributed by atoms with Crippen molar-refractivity contribution in [2.24, 2.45) is 5.92 Å².